The first-order chi connectivity index (χ1) is 11.8. The minimum absolute atomic E-state index is 0.0432. The van der Waals surface area contributed by atoms with Gasteiger partial charge >= 0.3 is 0 Å². The van der Waals surface area contributed by atoms with E-state index in [1.807, 2.05) is 0 Å². The van der Waals surface area contributed by atoms with E-state index in [1.54, 1.807) is 44.4 Å². The molecule has 6 nitrogen and oxygen atoms in total. The van der Waals surface area contributed by atoms with E-state index in [9.17, 15) is 13.6 Å². The molecule has 0 saturated carbocycles. The van der Waals surface area contributed by atoms with E-state index < -0.39 is 10.2 Å². The molecule has 2 aromatic rings. The maximum atomic E-state index is 12.1. The fourth-order valence-electron chi connectivity index (χ4n) is 2.88. The van der Waals surface area contributed by atoms with Gasteiger partial charge in [0.15, 0.2) is 4.90 Å². The van der Waals surface area contributed by atoms with E-state index >= 15 is 0 Å². The average molecular weight is 364 g/mol. The van der Waals surface area contributed by atoms with Crippen molar-refractivity contribution in [2.75, 3.05) is 19.5 Å². The Morgan fingerprint density at radius 3 is 2.72 bits per heavy atom. The maximum absolute atomic E-state index is 12.1. The lowest BCUT2D eigenvalue weighted by atomic mass is 10.0. The summed E-state index contributed by atoms with van der Waals surface area (Å²) in [5.74, 6) is 0.612. The quantitative estimate of drug-likeness (QED) is 0.844. The number of hydrogen-bond donors (Lipinski definition) is 1. The number of nitrogens with zero attached hydrogens (tertiary/aromatic N) is 1. The summed E-state index contributed by atoms with van der Waals surface area (Å²) in [6.45, 7) is 2.94. The van der Waals surface area contributed by atoms with Crippen LogP contribution in [0.5, 0.6) is 5.75 Å². The molecular formula is C18H22NO5S+. The first kappa shape index (κ1) is 17.8. The molecular weight excluding hydrogens is 342 g/mol. The molecule has 0 bridgehead atoms. The summed E-state index contributed by atoms with van der Waals surface area (Å²) in [6, 6.07) is 6.75. The van der Waals surface area contributed by atoms with Crippen molar-refractivity contribution in [1.29, 1.82) is 0 Å². The molecule has 2 heterocycles. The van der Waals surface area contributed by atoms with Crippen LogP contribution in [0.25, 0.3) is 11.1 Å². The second kappa shape index (κ2) is 6.74. The van der Waals surface area contributed by atoms with Crippen molar-refractivity contribution in [3.05, 3.63) is 46.4 Å². The lowest BCUT2D eigenvalue weighted by Gasteiger charge is -2.17. The predicted molar refractivity (Wildman–Crippen MR) is 96.6 cm³/mol. The number of pyridine rings is 1. The van der Waals surface area contributed by atoms with Crippen molar-refractivity contribution < 1.29 is 18.2 Å². The van der Waals surface area contributed by atoms with Crippen molar-refractivity contribution >= 4 is 10.2 Å². The third-order valence-electron chi connectivity index (χ3n) is 4.24. The fourth-order valence-corrected chi connectivity index (χ4v) is 3.54. The summed E-state index contributed by atoms with van der Waals surface area (Å²) >= 11 is 0. The summed E-state index contributed by atoms with van der Waals surface area (Å²) in [7, 11) is -1.42. The summed E-state index contributed by atoms with van der Waals surface area (Å²) in [4.78, 5) is 12.3. The van der Waals surface area contributed by atoms with Gasteiger partial charge in [-0.3, -0.25) is 4.79 Å². The molecule has 1 fully saturated rings. The van der Waals surface area contributed by atoms with Crippen LogP contribution >= 0.6 is 0 Å². The Morgan fingerprint density at radius 1 is 1.36 bits per heavy atom. The Kier molecular flexibility index (Phi) is 4.81. The first-order valence-corrected chi connectivity index (χ1v) is 9.96. The van der Waals surface area contributed by atoms with E-state index in [-0.39, 0.29) is 11.7 Å². The lowest BCUT2D eigenvalue weighted by Crippen LogP contribution is -2.19. The minimum atomic E-state index is -3.10. The van der Waals surface area contributed by atoms with Crippen molar-refractivity contribution in [3.63, 3.8) is 0 Å². The van der Waals surface area contributed by atoms with E-state index in [0.29, 0.717) is 35.0 Å². The van der Waals surface area contributed by atoms with Gasteiger partial charge in [0.05, 0.1) is 13.2 Å². The molecule has 2 unspecified atom stereocenters. The zero-order chi connectivity index (χ0) is 18.2. The third kappa shape index (κ3) is 3.84. The largest absolute Gasteiger partial charge is 0.487 e. The zero-order valence-corrected chi connectivity index (χ0v) is 15.3. The number of aromatic nitrogens is 1. The van der Waals surface area contributed by atoms with Crippen LogP contribution in [0.2, 0.25) is 0 Å². The molecule has 134 valence electrons. The Balaban J connectivity index is 2.13. The molecule has 0 radical (unpaired) electrons. The van der Waals surface area contributed by atoms with Gasteiger partial charge in [-0.25, -0.2) is 0 Å². The Labute approximate surface area is 147 Å². The molecule has 25 heavy (non-hydrogen) atoms. The normalized spacial score (nSPS) is 19.6. The Bertz CT molecular complexity index is 867. The van der Waals surface area contributed by atoms with Crippen molar-refractivity contribution in [1.82, 2.24) is 4.57 Å². The summed E-state index contributed by atoms with van der Waals surface area (Å²) < 4.78 is 34.9. The molecule has 7 heteroatoms. The first-order valence-electron chi connectivity index (χ1n) is 8.03. The van der Waals surface area contributed by atoms with Gasteiger partial charge in [0.2, 0.25) is 10.2 Å². The predicted octanol–water partition coefficient (Wildman–Crippen LogP) is 2.49. The van der Waals surface area contributed by atoms with E-state index in [1.165, 1.54) is 10.8 Å². The van der Waals surface area contributed by atoms with Gasteiger partial charge < -0.3 is 14.0 Å². The second-order valence-electron chi connectivity index (χ2n) is 6.39. The number of hydrogen-bond acceptors (Lipinski definition) is 4. The van der Waals surface area contributed by atoms with Crippen LogP contribution in [0.4, 0.5) is 0 Å². The Hall–Kier alpha value is -1.96. The van der Waals surface area contributed by atoms with Crippen LogP contribution in [0.1, 0.15) is 12.0 Å². The molecule has 1 aliphatic heterocycles. The lowest BCUT2D eigenvalue weighted by molar-refractivity contribution is 0.141. The fraction of sp³-hybridized carbons (Fsp3) is 0.389. The molecule has 3 rings (SSSR count). The second-order valence-corrected chi connectivity index (χ2v) is 8.47. The molecule has 1 aliphatic rings. The molecule has 0 aliphatic carbocycles. The van der Waals surface area contributed by atoms with Crippen LogP contribution in [0, 0.1) is 6.92 Å². The van der Waals surface area contributed by atoms with E-state index in [4.69, 9.17) is 9.47 Å². The molecule has 2 atom stereocenters. The zero-order valence-electron chi connectivity index (χ0n) is 14.5. The van der Waals surface area contributed by atoms with Gasteiger partial charge in [-0.1, -0.05) is 4.21 Å². The van der Waals surface area contributed by atoms with Gasteiger partial charge in [0, 0.05) is 42.4 Å². The monoisotopic (exact) mass is 364 g/mol. The van der Waals surface area contributed by atoms with Crippen LogP contribution in [-0.4, -0.2) is 34.7 Å². The smallest absolute Gasteiger partial charge is 0.253 e. The summed E-state index contributed by atoms with van der Waals surface area (Å²) in [5, 5.41) is 0. The molecule has 0 spiro atoms. The minimum Gasteiger partial charge on any atom is -0.487 e. The van der Waals surface area contributed by atoms with Crippen molar-refractivity contribution in [3.8, 4) is 16.9 Å². The van der Waals surface area contributed by atoms with Crippen LogP contribution in [0.3, 0.4) is 0 Å². The average Bonchev–Trinajstić information content (AvgIpc) is 3.04. The van der Waals surface area contributed by atoms with E-state index in [2.05, 4.69) is 0 Å². The number of benzene rings is 1. The van der Waals surface area contributed by atoms with Gasteiger partial charge in [-0.2, -0.15) is 4.55 Å². The number of rotatable bonds is 4. The summed E-state index contributed by atoms with van der Waals surface area (Å²) in [5.41, 5.74) is 1.97. The van der Waals surface area contributed by atoms with Gasteiger partial charge in [-0.15, -0.1) is 0 Å². The molecule has 1 saturated heterocycles. The standard InChI is InChI=1S/C18H21NO5S/c1-12-8-13(10-19(2)18(12)20)16-9-15(25(3,21)22)4-5-17(16)24-14-6-7-23-11-14/h4-5,8-10,14H,6-7,11H2,1-3H3/p+1. The molecule has 1 aromatic heterocycles. The van der Waals surface area contributed by atoms with Crippen LogP contribution in [0.15, 0.2) is 40.2 Å². The molecule has 1 aromatic carbocycles. The van der Waals surface area contributed by atoms with Crippen molar-refractivity contribution in [2.24, 2.45) is 7.05 Å². The van der Waals surface area contributed by atoms with Gasteiger partial charge in [0.25, 0.3) is 5.56 Å². The van der Waals surface area contributed by atoms with Crippen LogP contribution in [-0.2, 0) is 26.2 Å². The van der Waals surface area contributed by atoms with Gasteiger partial charge in [0.1, 0.15) is 18.1 Å². The highest BCUT2D eigenvalue weighted by Crippen LogP contribution is 2.34. The van der Waals surface area contributed by atoms with E-state index in [0.717, 1.165) is 12.0 Å². The summed E-state index contributed by atoms with van der Waals surface area (Å²) in [6.07, 6.45) is 3.75. The van der Waals surface area contributed by atoms with Crippen molar-refractivity contribution in [2.45, 2.75) is 24.3 Å². The Morgan fingerprint density at radius 2 is 2.12 bits per heavy atom. The third-order valence-corrected chi connectivity index (χ3v) is 5.37. The highest BCUT2D eigenvalue weighted by Gasteiger charge is 2.25. The number of aryl methyl sites for hydroxylation is 2. The number of ether oxygens (including phenoxy) is 2. The highest BCUT2D eigenvalue weighted by molar-refractivity contribution is 7.97. The SMILES string of the molecule is Cc1cc(-c2cc([S+](C)(=O)O)ccc2OC2CCOC2)cn(C)c1=O. The van der Waals surface area contributed by atoms with Crippen LogP contribution < -0.4 is 10.3 Å². The maximum Gasteiger partial charge on any atom is 0.253 e. The molecule has 0 amide bonds. The highest BCUT2D eigenvalue weighted by atomic mass is 32.3. The topological polar surface area (TPSA) is 77.8 Å². The van der Waals surface area contributed by atoms with Gasteiger partial charge in [-0.05, 0) is 25.1 Å². The molecule has 1 N–H and O–H groups in total.